The number of nitrogens with zero attached hydrogens (tertiary/aromatic N) is 5. The van der Waals surface area contributed by atoms with Gasteiger partial charge in [0.25, 0.3) is 5.91 Å². The topological polar surface area (TPSA) is 52.2 Å². The van der Waals surface area contributed by atoms with E-state index in [4.69, 9.17) is 4.74 Å². The number of fused-ring (bicyclic) bond motifs is 4. The van der Waals surface area contributed by atoms with Crippen molar-refractivity contribution in [3.8, 4) is 0 Å². The van der Waals surface area contributed by atoms with E-state index in [2.05, 4.69) is 28.8 Å². The van der Waals surface area contributed by atoms with E-state index < -0.39 is 0 Å². The van der Waals surface area contributed by atoms with E-state index >= 15 is 0 Å². The first-order chi connectivity index (χ1) is 14.4. The van der Waals surface area contributed by atoms with Crippen LogP contribution < -0.4 is 4.90 Å². The quantitative estimate of drug-likeness (QED) is 0.696. The summed E-state index contributed by atoms with van der Waals surface area (Å²) in [5.41, 5.74) is 3.18. The number of aromatic nitrogens is 1. The molecular formula is C22H30FN5O2. The number of pyridine rings is 1. The maximum absolute atomic E-state index is 14.7. The SMILES string of the molecule is Cc1nc2c(cc1F)C1=C(CN2C)N(C2CCOCC2)C(=O)C2CN(C)C(C)CN12. The number of piperazine rings is 1. The summed E-state index contributed by atoms with van der Waals surface area (Å²) in [5, 5.41) is 0. The van der Waals surface area contributed by atoms with Gasteiger partial charge in [-0.25, -0.2) is 9.37 Å². The van der Waals surface area contributed by atoms with Gasteiger partial charge in [-0.2, -0.15) is 0 Å². The maximum Gasteiger partial charge on any atom is 0.251 e. The van der Waals surface area contributed by atoms with Gasteiger partial charge in [0.05, 0.1) is 23.6 Å². The average molecular weight is 416 g/mol. The van der Waals surface area contributed by atoms with Crippen LogP contribution in [0.15, 0.2) is 11.8 Å². The highest BCUT2D eigenvalue weighted by atomic mass is 19.1. The van der Waals surface area contributed by atoms with Crippen LogP contribution in [-0.4, -0.2) is 90.7 Å². The third kappa shape index (κ3) is 2.92. The van der Waals surface area contributed by atoms with Gasteiger partial charge in [0.15, 0.2) is 0 Å². The molecule has 5 rings (SSSR count). The highest BCUT2D eigenvalue weighted by Crippen LogP contribution is 2.43. The Hall–Kier alpha value is -2.19. The van der Waals surface area contributed by atoms with Crippen molar-refractivity contribution < 1.29 is 13.9 Å². The molecule has 0 aromatic carbocycles. The van der Waals surface area contributed by atoms with Crippen LogP contribution in [-0.2, 0) is 9.53 Å². The van der Waals surface area contributed by atoms with Crippen LogP contribution in [0.4, 0.5) is 10.2 Å². The first-order valence-corrected chi connectivity index (χ1v) is 10.9. The fraction of sp³-hybridized carbons (Fsp3) is 0.636. The maximum atomic E-state index is 14.7. The summed E-state index contributed by atoms with van der Waals surface area (Å²) in [4.78, 5) is 26.9. The van der Waals surface area contributed by atoms with Gasteiger partial charge < -0.3 is 19.4 Å². The fourth-order valence-electron chi connectivity index (χ4n) is 5.27. The number of halogens is 1. The van der Waals surface area contributed by atoms with Crippen LogP contribution >= 0.6 is 0 Å². The molecule has 4 aliphatic heterocycles. The Labute approximate surface area is 177 Å². The second-order valence-corrected chi connectivity index (χ2v) is 9.09. The van der Waals surface area contributed by atoms with Gasteiger partial charge in [-0.15, -0.1) is 0 Å². The molecule has 0 N–H and O–H groups in total. The summed E-state index contributed by atoms with van der Waals surface area (Å²) in [7, 11) is 4.05. The highest BCUT2D eigenvalue weighted by Gasteiger charge is 2.48. The van der Waals surface area contributed by atoms with Crippen LogP contribution in [0.2, 0.25) is 0 Å². The second kappa shape index (κ2) is 7.20. The Morgan fingerprint density at radius 3 is 2.67 bits per heavy atom. The van der Waals surface area contributed by atoms with Crippen molar-refractivity contribution in [3.63, 3.8) is 0 Å². The first-order valence-electron chi connectivity index (χ1n) is 10.9. The second-order valence-electron chi connectivity index (χ2n) is 9.09. The lowest BCUT2D eigenvalue weighted by Crippen LogP contribution is -2.66. The Kier molecular flexibility index (Phi) is 4.74. The molecule has 2 unspecified atom stereocenters. The summed E-state index contributed by atoms with van der Waals surface area (Å²) < 4.78 is 20.2. The molecule has 0 spiro atoms. The van der Waals surface area contributed by atoms with Gasteiger partial charge >= 0.3 is 0 Å². The third-order valence-corrected chi connectivity index (χ3v) is 7.12. The van der Waals surface area contributed by atoms with Gasteiger partial charge in [-0.1, -0.05) is 0 Å². The van der Waals surface area contributed by atoms with Crippen LogP contribution in [0, 0.1) is 12.7 Å². The first kappa shape index (κ1) is 19.8. The molecule has 30 heavy (non-hydrogen) atoms. The number of rotatable bonds is 1. The molecule has 8 heteroatoms. The monoisotopic (exact) mass is 415 g/mol. The number of likely N-dealkylation sites (N-methyl/N-ethyl adjacent to an activating group) is 2. The Morgan fingerprint density at radius 1 is 1.20 bits per heavy atom. The van der Waals surface area contributed by atoms with Crippen molar-refractivity contribution in [2.45, 2.75) is 44.8 Å². The number of carbonyl (C=O) groups is 1. The third-order valence-electron chi connectivity index (χ3n) is 7.12. The number of hydrogen-bond acceptors (Lipinski definition) is 6. The van der Waals surface area contributed by atoms with E-state index in [1.807, 2.05) is 16.8 Å². The summed E-state index contributed by atoms with van der Waals surface area (Å²) in [6.45, 7) is 7.23. The standard InChI is InChI=1S/C22H30FN5O2/c1-13-10-27-19(12-25(13)3)22(29)28(15-5-7-30-8-6-15)18-11-26(4)21-16(20(18)27)9-17(23)14(2)24-21/h9,13,15,19H,5-8,10-12H2,1-4H3. The molecule has 1 aromatic heterocycles. The van der Waals surface area contributed by atoms with E-state index in [0.29, 0.717) is 38.0 Å². The highest BCUT2D eigenvalue weighted by molar-refractivity contribution is 5.94. The van der Waals surface area contributed by atoms with E-state index in [1.165, 1.54) is 0 Å². The van der Waals surface area contributed by atoms with Gasteiger partial charge in [0.1, 0.15) is 17.7 Å². The molecule has 2 atom stereocenters. The van der Waals surface area contributed by atoms with Crippen molar-refractivity contribution in [3.05, 3.63) is 28.8 Å². The molecule has 162 valence electrons. The molecule has 7 nitrogen and oxygen atoms in total. The van der Waals surface area contributed by atoms with Crippen LogP contribution in [0.1, 0.15) is 31.0 Å². The number of hydrogen-bond donors (Lipinski definition) is 0. The zero-order valence-corrected chi connectivity index (χ0v) is 18.2. The van der Waals surface area contributed by atoms with Crippen LogP contribution in [0.5, 0.6) is 0 Å². The lowest BCUT2D eigenvalue weighted by molar-refractivity contribution is -0.142. The Morgan fingerprint density at radius 2 is 1.93 bits per heavy atom. The zero-order valence-electron chi connectivity index (χ0n) is 18.2. The zero-order chi connectivity index (χ0) is 21.2. The molecule has 1 amide bonds. The van der Waals surface area contributed by atoms with Crippen LogP contribution in [0.3, 0.4) is 0 Å². The molecule has 0 bridgehead atoms. The van der Waals surface area contributed by atoms with Crippen LogP contribution in [0.25, 0.3) is 5.70 Å². The predicted molar refractivity (Wildman–Crippen MR) is 112 cm³/mol. The van der Waals surface area contributed by atoms with Crippen molar-refractivity contribution in [2.75, 3.05) is 51.8 Å². The van der Waals surface area contributed by atoms with E-state index in [1.54, 1.807) is 13.0 Å². The Balaban J connectivity index is 1.70. The van der Waals surface area contributed by atoms with Gasteiger partial charge in [-0.05, 0) is 39.8 Å². The molecule has 1 aromatic rings. The summed E-state index contributed by atoms with van der Waals surface area (Å²) >= 11 is 0. The number of aryl methyl sites for hydroxylation is 1. The smallest absolute Gasteiger partial charge is 0.251 e. The van der Waals surface area contributed by atoms with E-state index in [0.717, 1.165) is 42.2 Å². The molecule has 0 saturated carbocycles. The minimum absolute atomic E-state index is 0.126. The summed E-state index contributed by atoms with van der Waals surface area (Å²) in [5.74, 6) is 0.653. The van der Waals surface area contributed by atoms with Gasteiger partial charge in [-0.3, -0.25) is 9.69 Å². The number of amides is 1. The molecule has 0 radical (unpaired) electrons. The van der Waals surface area contributed by atoms with Gasteiger partial charge in [0.2, 0.25) is 0 Å². The van der Waals surface area contributed by atoms with Crippen molar-refractivity contribution in [2.24, 2.45) is 0 Å². The largest absolute Gasteiger partial charge is 0.381 e. The minimum atomic E-state index is -0.302. The summed E-state index contributed by atoms with van der Waals surface area (Å²) in [6.07, 6.45) is 1.66. The average Bonchev–Trinajstić information content (AvgIpc) is 2.72. The lowest BCUT2D eigenvalue weighted by Gasteiger charge is -2.54. The van der Waals surface area contributed by atoms with Crippen molar-refractivity contribution in [1.29, 1.82) is 0 Å². The number of ether oxygens (including phenoxy) is 1. The van der Waals surface area contributed by atoms with Crippen molar-refractivity contribution in [1.82, 2.24) is 19.7 Å². The molecule has 4 aliphatic rings. The minimum Gasteiger partial charge on any atom is -0.381 e. The van der Waals surface area contributed by atoms with Crippen molar-refractivity contribution >= 4 is 17.4 Å². The normalized spacial score (nSPS) is 27.9. The Bertz CT molecular complexity index is 913. The molecule has 2 saturated heterocycles. The van der Waals surface area contributed by atoms with Gasteiger partial charge in [0, 0.05) is 51.0 Å². The molecule has 5 heterocycles. The number of carbonyl (C=O) groups excluding carboxylic acids is 1. The number of anilines is 1. The predicted octanol–water partition coefficient (Wildman–Crippen LogP) is 1.67. The van der Waals surface area contributed by atoms with E-state index in [-0.39, 0.29) is 23.8 Å². The van der Waals surface area contributed by atoms with E-state index in [9.17, 15) is 9.18 Å². The summed E-state index contributed by atoms with van der Waals surface area (Å²) in [6, 6.07) is 1.79. The molecule has 2 fully saturated rings. The molecular weight excluding hydrogens is 385 g/mol. The fourth-order valence-corrected chi connectivity index (χ4v) is 5.27. The lowest BCUT2D eigenvalue weighted by atomic mass is 9.92. The molecule has 0 aliphatic carbocycles.